The molecule has 10 heteroatoms. The fourth-order valence-electron chi connectivity index (χ4n) is 6.77. The molecule has 2 aromatic carbocycles. The molecular formula is C33H41N7O3. The summed E-state index contributed by atoms with van der Waals surface area (Å²) in [5.74, 6) is 1.06. The molecule has 0 unspecified atom stereocenters. The Kier molecular flexibility index (Phi) is 8.26. The largest absolute Gasteiger partial charge is 0.508 e. The van der Waals surface area contributed by atoms with Gasteiger partial charge in [0.2, 0.25) is 5.91 Å². The smallest absolute Gasteiger partial charge is 0.318 e. The summed E-state index contributed by atoms with van der Waals surface area (Å²) in [5, 5.41) is 22.2. The van der Waals surface area contributed by atoms with Crippen molar-refractivity contribution >= 4 is 28.2 Å². The van der Waals surface area contributed by atoms with Gasteiger partial charge in [0.15, 0.2) is 0 Å². The summed E-state index contributed by atoms with van der Waals surface area (Å²) in [4.78, 5) is 31.6. The number of anilines is 2. The van der Waals surface area contributed by atoms with Gasteiger partial charge in [0.25, 0.3) is 0 Å². The van der Waals surface area contributed by atoms with Gasteiger partial charge in [0, 0.05) is 60.8 Å². The van der Waals surface area contributed by atoms with Gasteiger partial charge < -0.3 is 29.4 Å². The number of hydrogen-bond acceptors (Lipinski definition) is 9. The van der Waals surface area contributed by atoms with Crippen molar-refractivity contribution in [3.63, 3.8) is 0 Å². The number of nitriles is 1. The van der Waals surface area contributed by atoms with Crippen LogP contribution in [-0.2, 0) is 17.8 Å². The minimum atomic E-state index is -0.200. The first-order valence-corrected chi connectivity index (χ1v) is 15.4. The number of likely N-dealkylation sites (N-methyl/N-ethyl adjacent to an activating group) is 1. The number of fused-ring (bicyclic) bond motifs is 2. The lowest BCUT2D eigenvalue weighted by Crippen LogP contribution is -2.56. The Morgan fingerprint density at radius 3 is 2.72 bits per heavy atom. The number of aromatic nitrogens is 2. The number of amides is 1. The van der Waals surface area contributed by atoms with E-state index in [0.717, 1.165) is 65.9 Å². The highest BCUT2D eigenvalue weighted by molar-refractivity contribution is 5.95. The van der Waals surface area contributed by atoms with Crippen molar-refractivity contribution in [1.82, 2.24) is 19.8 Å². The Morgan fingerprint density at radius 1 is 1.12 bits per heavy atom. The van der Waals surface area contributed by atoms with Gasteiger partial charge in [-0.25, -0.2) is 0 Å². The van der Waals surface area contributed by atoms with Gasteiger partial charge in [0.1, 0.15) is 18.2 Å². The molecule has 3 aromatic rings. The molecule has 1 N–H and O–H groups in total. The van der Waals surface area contributed by atoms with E-state index in [1.54, 1.807) is 6.07 Å². The number of hydrogen-bond donors (Lipinski definition) is 1. The van der Waals surface area contributed by atoms with Crippen LogP contribution >= 0.6 is 0 Å². The summed E-state index contributed by atoms with van der Waals surface area (Å²) in [6.45, 7) is 8.45. The van der Waals surface area contributed by atoms with E-state index in [-0.39, 0.29) is 30.0 Å². The first-order chi connectivity index (χ1) is 20.8. The molecule has 0 saturated carbocycles. The molecule has 1 amide bonds. The summed E-state index contributed by atoms with van der Waals surface area (Å²) in [6.07, 6.45) is 3.26. The van der Waals surface area contributed by atoms with Crippen molar-refractivity contribution in [3.05, 3.63) is 47.7 Å². The normalized spacial score (nSPS) is 20.9. The number of carbonyl (C=O) groups is 1. The van der Waals surface area contributed by atoms with Crippen LogP contribution < -0.4 is 14.5 Å². The molecule has 43 heavy (non-hydrogen) atoms. The van der Waals surface area contributed by atoms with Crippen LogP contribution in [0.5, 0.6) is 11.8 Å². The minimum absolute atomic E-state index is 0.0864. The van der Waals surface area contributed by atoms with Crippen LogP contribution in [0, 0.1) is 17.2 Å². The van der Waals surface area contributed by atoms with E-state index in [1.165, 1.54) is 0 Å². The van der Waals surface area contributed by atoms with Gasteiger partial charge in [-0.1, -0.05) is 38.1 Å². The molecule has 4 heterocycles. The number of aromatic hydroxyl groups is 1. The molecule has 0 radical (unpaired) electrons. The average Bonchev–Trinajstić information content (AvgIpc) is 3.42. The maximum Gasteiger partial charge on any atom is 0.318 e. The lowest BCUT2D eigenvalue weighted by atomic mass is 10.0. The van der Waals surface area contributed by atoms with Crippen molar-refractivity contribution in [2.75, 3.05) is 56.2 Å². The Morgan fingerprint density at radius 2 is 1.95 bits per heavy atom. The molecule has 0 spiro atoms. The van der Waals surface area contributed by atoms with Crippen molar-refractivity contribution in [2.24, 2.45) is 5.92 Å². The second kappa shape index (κ2) is 12.3. The SMILES string of the molecule is CC(C)C(=O)N1CCN(c2nc(OC[C@H]3CCCN3C)nc3c2CCN(c2cc(O)cc4ccccc24)C3)C[C@@H]1CC#N. The zero-order valence-electron chi connectivity index (χ0n) is 25.4. The third-order valence-electron chi connectivity index (χ3n) is 9.15. The number of piperazine rings is 1. The number of phenolic OH excluding ortho intramolecular Hbond substituents is 1. The molecule has 2 fully saturated rings. The number of ether oxygens (including phenoxy) is 1. The summed E-state index contributed by atoms with van der Waals surface area (Å²) < 4.78 is 6.29. The molecule has 0 aliphatic carbocycles. The number of rotatable bonds is 7. The Hall–Kier alpha value is -4.10. The second-order valence-corrected chi connectivity index (χ2v) is 12.3. The quantitative estimate of drug-likeness (QED) is 0.442. The summed E-state index contributed by atoms with van der Waals surface area (Å²) in [7, 11) is 2.13. The molecular weight excluding hydrogens is 542 g/mol. The Labute approximate surface area is 253 Å². The van der Waals surface area contributed by atoms with E-state index < -0.39 is 0 Å². The van der Waals surface area contributed by atoms with Crippen LogP contribution in [0.3, 0.4) is 0 Å². The number of carbonyl (C=O) groups excluding carboxylic acids is 1. The van der Waals surface area contributed by atoms with Gasteiger partial charge in [-0.05, 0) is 44.3 Å². The van der Waals surface area contributed by atoms with E-state index >= 15 is 0 Å². The standard InChI is InChI=1S/C33H41N7O3/c1-22(2)32(42)40-16-15-39(19-24(40)10-12-34)31-28-11-14-38(30-18-26(41)17-23-7-4-5-9-27(23)30)20-29(28)35-33(36-31)43-21-25-8-6-13-37(25)3/h4-5,7,9,17-18,22,24-25,41H,6,8,10-11,13-16,19-21H2,1-3H3/t24-,25+/m0/s1. The minimum Gasteiger partial charge on any atom is -0.508 e. The maximum atomic E-state index is 13.0. The van der Waals surface area contributed by atoms with Crippen LogP contribution in [0.4, 0.5) is 11.5 Å². The summed E-state index contributed by atoms with van der Waals surface area (Å²) in [5.41, 5.74) is 2.98. The molecule has 226 valence electrons. The van der Waals surface area contributed by atoms with E-state index in [9.17, 15) is 15.2 Å². The van der Waals surface area contributed by atoms with E-state index in [4.69, 9.17) is 14.7 Å². The predicted molar refractivity (Wildman–Crippen MR) is 166 cm³/mol. The highest BCUT2D eigenvalue weighted by Gasteiger charge is 2.35. The lowest BCUT2D eigenvalue weighted by molar-refractivity contribution is -0.137. The number of likely N-dealkylation sites (tertiary alicyclic amines) is 1. The van der Waals surface area contributed by atoms with Crippen LogP contribution in [0.25, 0.3) is 10.8 Å². The van der Waals surface area contributed by atoms with E-state index in [1.807, 2.05) is 43.0 Å². The fraction of sp³-hybridized carbons (Fsp3) is 0.515. The predicted octanol–water partition coefficient (Wildman–Crippen LogP) is 3.96. The third kappa shape index (κ3) is 5.91. The number of nitrogens with zero attached hydrogens (tertiary/aromatic N) is 7. The molecule has 6 rings (SSSR count). The molecule has 10 nitrogen and oxygen atoms in total. The van der Waals surface area contributed by atoms with Crippen molar-refractivity contribution < 1.29 is 14.6 Å². The molecule has 3 aliphatic rings. The Bertz CT molecular complexity index is 1540. The molecule has 3 aliphatic heterocycles. The fourth-order valence-corrected chi connectivity index (χ4v) is 6.77. The van der Waals surface area contributed by atoms with Crippen LogP contribution in [0.2, 0.25) is 0 Å². The van der Waals surface area contributed by atoms with Crippen molar-refractivity contribution in [1.29, 1.82) is 5.26 Å². The van der Waals surface area contributed by atoms with Gasteiger partial charge in [-0.2, -0.15) is 15.2 Å². The number of benzene rings is 2. The molecule has 2 atom stereocenters. The third-order valence-corrected chi connectivity index (χ3v) is 9.15. The van der Waals surface area contributed by atoms with E-state index in [0.29, 0.717) is 44.8 Å². The first kappa shape index (κ1) is 29.0. The highest BCUT2D eigenvalue weighted by atomic mass is 16.5. The highest BCUT2D eigenvalue weighted by Crippen LogP contribution is 2.37. The van der Waals surface area contributed by atoms with Gasteiger partial charge in [-0.3, -0.25) is 4.79 Å². The molecule has 1 aromatic heterocycles. The van der Waals surface area contributed by atoms with Crippen LogP contribution in [0.1, 0.15) is 44.4 Å². The van der Waals surface area contributed by atoms with Crippen molar-refractivity contribution in [2.45, 2.75) is 58.2 Å². The Balaban J connectivity index is 1.33. The molecule has 0 bridgehead atoms. The van der Waals surface area contributed by atoms with Gasteiger partial charge in [-0.15, -0.1) is 0 Å². The van der Waals surface area contributed by atoms with E-state index in [2.05, 4.69) is 33.9 Å². The summed E-state index contributed by atoms with van der Waals surface area (Å²) in [6, 6.07) is 14.5. The number of phenols is 1. The van der Waals surface area contributed by atoms with Gasteiger partial charge >= 0.3 is 6.01 Å². The topological polar surface area (TPSA) is 109 Å². The maximum absolute atomic E-state index is 13.0. The second-order valence-electron chi connectivity index (χ2n) is 12.3. The van der Waals surface area contributed by atoms with Crippen LogP contribution in [0.15, 0.2) is 36.4 Å². The monoisotopic (exact) mass is 583 g/mol. The van der Waals surface area contributed by atoms with Crippen molar-refractivity contribution in [3.8, 4) is 17.8 Å². The zero-order chi connectivity index (χ0) is 30.1. The zero-order valence-corrected chi connectivity index (χ0v) is 25.4. The molecule has 2 saturated heterocycles. The first-order valence-electron chi connectivity index (χ1n) is 15.4. The lowest BCUT2D eigenvalue weighted by Gasteiger charge is -2.43. The average molecular weight is 584 g/mol. The van der Waals surface area contributed by atoms with Crippen LogP contribution in [-0.4, -0.2) is 89.2 Å². The van der Waals surface area contributed by atoms with Gasteiger partial charge in [0.05, 0.1) is 30.8 Å². The summed E-state index contributed by atoms with van der Waals surface area (Å²) >= 11 is 0.